The lowest BCUT2D eigenvalue weighted by atomic mass is 9.98. The third-order valence-electron chi connectivity index (χ3n) is 4.34. The van der Waals surface area contributed by atoms with Gasteiger partial charge in [0.1, 0.15) is 11.5 Å². The monoisotopic (exact) mass is 369 g/mol. The second-order valence-corrected chi connectivity index (χ2v) is 6.05. The van der Waals surface area contributed by atoms with E-state index in [0.29, 0.717) is 22.6 Å². The van der Waals surface area contributed by atoms with Crippen LogP contribution in [0.25, 0.3) is 17.2 Å². The fourth-order valence-electron chi connectivity index (χ4n) is 2.87. The Morgan fingerprint density at radius 1 is 0.929 bits per heavy atom. The minimum Gasteiger partial charge on any atom is -0.496 e. The average Bonchev–Trinajstić information content (AvgIpc) is 2.77. The summed E-state index contributed by atoms with van der Waals surface area (Å²) >= 11 is 0. The molecule has 28 heavy (non-hydrogen) atoms. The van der Waals surface area contributed by atoms with Crippen LogP contribution in [0.1, 0.15) is 21.5 Å². The first-order chi connectivity index (χ1) is 13.7. The molecule has 0 heterocycles. The Kier molecular flexibility index (Phi) is 5.88. The molecule has 0 amide bonds. The highest BCUT2D eigenvalue weighted by molar-refractivity contribution is 6.09. The second kappa shape index (κ2) is 8.70. The molecule has 3 rings (SSSR count). The Labute approximate surface area is 164 Å². The number of nitrogens with zero attached hydrogens (tertiary/aromatic N) is 1. The van der Waals surface area contributed by atoms with Crippen LogP contribution >= 0.6 is 0 Å². The van der Waals surface area contributed by atoms with Crippen LogP contribution in [0, 0.1) is 11.3 Å². The molecular weight excluding hydrogens is 350 g/mol. The third-order valence-corrected chi connectivity index (χ3v) is 4.34. The summed E-state index contributed by atoms with van der Waals surface area (Å²) in [7, 11) is 3.09. The summed E-state index contributed by atoms with van der Waals surface area (Å²) in [6, 6.07) is 22.3. The molecule has 0 aliphatic heterocycles. The molecule has 0 radical (unpaired) electrons. The fourth-order valence-corrected chi connectivity index (χ4v) is 2.87. The van der Waals surface area contributed by atoms with Crippen LogP contribution in [-0.2, 0) is 0 Å². The SMILES string of the molecule is COc1cc(OC)c(-c2ccc(C#N)cc2)cc1C(=O)/C=C/c1ccccc1. The van der Waals surface area contributed by atoms with Crippen LogP contribution in [0.15, 0.2) is 72.8 Å². The van der Waals surface area contributed by atoms with Crippen molar-refractivity contribution in [1.29, 1.82) is 5.26 Å². The first-order valence-electron chi connectivity index (χ1n) is 8.70. The molecule has 3 aromatic carbocycles. The van der Waals surface area contributed by atoms with Gasteiger partial charge < -0.3 is 9.47 Å². The highest BCUT2D eigenvalue weighted by Crippen LogP contribution is 2.36. The summed E-state index contributed by atoms with van der Waals surface area (Å²) in [5.41, 5.74) is 3.55. The number of allylic oxidation sites excluding steroid dienone is 1. The molecule has 0 fully saturated rings. The molecule has 0 atom stereocenters. The van der Waals surface area contributed by atoms with Crippen molar-refractivity contribution in [2.75, 3.05) is 14.2 Å². The highest BCUT2D eigenvalue weighted by Gasteiger charge is 2.16. The number of carbonyl (C=O) groups is 1. The van der Waals surface area contributed by atoms with Gasteiger partial charge in [-0.1, -0.05) is 48.5 Å². The van der Waals surface area contributed by atoms with Crippen molar-refractivity contribution >= 4 is 11.9 Å². The van der Waals surface area contributed by atoms with Gasteiger partial charge in [0.05, 0.1) is 31.4 Å². The summed E-state index contributed by atoms with van der Waals surface area (Å²) < 4.78 is 10.9. The van der Waals surface area contributed by atoms with Crippen LogP contribution in [0.3, 0.4) is 0 Å². The quantitative estimate of drug-likeness (QED) is 0.446. The van der Waals surface area contributed by atoms with Crippen LogP contribution in [0.4, 0.5) is 0 Å². The predicted octanol–water partition coefficient (Wildman–Crippen LogP) is 5.14. The van der Waals surface area contributed by atoms with Gasteiger partial charge in [-0.3, -0.25) is 4.79 Å². The zero-order valence-corrected chi connectivity index (χ0v) is 15.7. The van der Waals surface area contributed by atoms with Gasteiger partial charge in [0, 0.05) is 11.6 Å². The summed E-state index contributed by atoms with van der Waals surface area (Å²) in [5, 5.41) is 8.99. The number of ether oxygens (including phenoxy) is 2. The highest BCUT2D eigenvalue weighted by atomic mass is 16.5. The maximum Gasteiger partial charge on any atom is 0.189 e. The van der Waals surface area contributed by atoms with E-state index in [2.05, 4.69) is 6.07 Å². The fraction of sp³-hybridized carbons (Fsp3) is 0.0833. The van der Waals surface area contributed by atoms with Crippen molar-refractivity contribution in [1.82, 2.24) is 0 Å². The predicted molar refractivity (Wildman–Crippen MR) is 110 cm³/mol. The summed E-state index contributed by atoms with van der Waals surface area (Å²) in [6.07, 6.45) is 3.30. The minimum atomic E-state index is -0.168. The Morgan fingerprint density at radius 2 is 1.61 bits per heavy atom. The van der Waals surface area contributed by atoms with E-state index in [-0.39, 0.29) is 5.78 Å². The molecule has 0 saturated carbocycles. The lowest BCUT2D eigenvalue weighted by Crippen LogP contribution is -2.01. The Bertz CT molecular complexity index is 1050. The first kappa shape index (κ1) is 18.9. The molecule has 0 aliphatic rings. The van der Waals surface area contributed by atoms with Gasteiger partial charge in [0.2, 0.25) is 0 Å². The van der Waals surface area contributed by atoms with Gasteiger partial charge in [-0.2, -0.15) is 5.26 Å². The van der Waals surface area contributed by atoms with E-state index in [0.717, 1.165) is 16.7 Å². The van der Waals surface area contributed by atoms with Crippen molar-refractivity contribution < 1.29 is 14.3 Å². The average molecular weight is 369 g/mol. The molecular formula is C24H19NO3. The molecule has 0 unspecified atom stereocenters. The van der Waals surface area contributed by atoms with Gasteiger partial charge in [-0.15, -0.1) is 0 Å². The lowest BCUT2D eigenvalue weighted by Gasteiger charge is -2.14. The van der Waals surface area contributed by atoms with Crippen molar-refractivity contribution in [3.8, 4) is 28.7 Å². The Balaban J connectivity index is 2.03. The summed E-state index contributed by atoms with van der Waals surface area (Å²) in [6.45, 7) is 0. The van der Waals surface area contributed by atoms with Crippen LogP contribution in [0.2, 0.25) is 0 Å². The lowest BCUT2D eigenvalue weighted by molar-refractivity contribution is 0.104. The van der Waals surface area contributed by atoms with E-state index in [1.165, 1.54) is 13.2 Å². The second-order valence-electron chi connectivity index (χ2n) is 6.05. The van der Waals surface area contributed by atoms with Gasteiger partial charge in [-0.05, 0) is 35.4 Å². The van der Waals surface area contributed by atoms with E-state index in [4.69, 9.17) is 14.7 Å². The molecule has 4 nitrogen and oxygen atoms in total. The number of benzene rings is 3. The normalized spacial score (nSPS) is 10.5. The maximum atomic E-state index is 12.8. The van der Waals surface area contributed by atoms with E-state index >= 15 is 0 Å². The molecule has 138 valence electrons. The molecule has 0 bridgehead atoms. The smallest absolute Gasteiger partial charge is 0.189 e. The minimum absolute atomic E-state index is 0.168. The van der Waals surface area contributed by atoms with E-state index < -0.39 is 0 Å². The number of hydrogen-bond donors (Lipinski definition) is 0. The maximum absolute atomic E-state index is 12.8. The Morgan fingerprint density at radius 3 is 2.21 bits per heavy atom. The van der Waals surface area contributed by atoms with Gasteiger partial charge in [-0.25, -0.2) is 0 Å². The van der Waals surface area contributed by atoms with Gasteiger partial charge >= 0.3 is 0 Å². The van der Waals surface area contributed by atoms with Crippen LogP contribution in [-0.4, -0.2) is 20.0 Å². The largest absolute Gasteiger partial charge is 0.496 e. The molecule has 3 aromatic rings. The molecule has 0 aliphatic carbocycles. The summed E-state index contributed by atoms with van der Waals surface area (Å²) in [5.74, 6) is 0.861. The number of carbonyl (C=O) groups excluding carboxylic acids is 1. The number of nitriles is 1. The number of ketones is 1. The van der Waals surface area contributed by atoms with Gasteiger partial charge in [0.15, 0.2) is 5.78 Å². The van der Waals surface area contributed by atoms with Crippen molar-refractivity contribution in [3.05, 3.63) is 89.5 Å². The first-order valence-corrected chi connectivity index (χ1v) is 8.70. The number of rotatable bonds is 6. The molecule has 4 heteroatoms. The molecule has 0 N–H and O–H groups in total. The van der Waals surface area contributed by atoms with Crippen LogP contribution < -0.4 is 9.47 Å². The summed E-state index contributed by atoms with van der Waals surface area (Å²) in [4.78, 5) is 12.8. The van der Waals surface area contributed by atoms with Crippen molar-refractivity contribution in [3.63, 3.8) is 0 Å². The standard InChI is InChI=1S/C24H19NO3/c1-27-23-15-24(28-2)21(22(26)13-10-17-6-4-3-5-7-17)14-20(23)19-11-8-18(16-25)9-12-19/h3-15H,1-2H3/b13-10+. The molecule has 0 aromatic heterocycles. The van der Waals surface area contributed by atoms with E-state index in [1.807, 2.05) is 42.5 Å². The van der Waals surface area contributed by atoms with Crippen LogP contribution in [0.5, 0.6) is 11.5 Å². The molecule has 0 spiro atoms. The van der Waals surface area contributed by atoms with Gasteiger partial charge in [0.25, 0.3) is 0 Å². The zero-order chi connectivity index (χ0) is 19.9. The third kappa shape index (κ3) is 4.11. The molecule has 0 saturated heterocycles. The number of methoxy groups -OCH3 is 2. The van der Waals surface area contributed by atoms with E-state index in [1.54, 1.807) is 37.5 Å². The Hall–Kier alpha value is -3.84. The van der Waals surface area contributed by atoms with Crippen molar-refractivity contribution in [2.45, 2.75) is 0 Å². The van der Waals surface area contributed by atoms with E-state index in [9.17, 15) is 4.79 Å². The zero-order valence-electron chi connectivity index (χ0n) is 15.7. The number of hydrogen-bond acceptors (Lipinski definition) is 4. The van der Waals surface area contributed by atoms with Crippen molar-refractivity contribution in [2.24, 2.45) is 0 Å². The topological polar surface area (TPSA) is 59.3 Å².